The fraction of sp³-hybridized carbons (Fsp3) is 0.250. The second-order valence-corrected chi connectivity index (χ2v) is 10.2. The van der Waals surface area contributed by atoms with Gasteiger partial charge < -0.3 is 14.7 Å². The van der Waals surface area contributed by atoms with Gasteiger partial charge in [-0.15, -0.1) is 0 Å². The Balaban J connectivity index is 1.51. The number of hydrogen-bond donors (Lipinski definition) is 0. The average Bonchev–Trinajstić information content (AvgIpc) is 2.96. The van der Waals surface area contributed by atoms with Crippen molar-refractivity contribution in [1.29, 1.82) is 0 Å². The number of hydrogen-bond acceptors (Lipinski definition) is 3. The SMILES string of the molecule is C=Cc1ccccc1/C(=C\C)C1C(C(=O)N2CCN(c3ccc(Cl)cc3)CC2)c2ccccc2C(=O)N1C. The lowest BCUT2D eigenvalue weighted by Crippen LogP contribution is -2.55. The number of anilines is 1. The first-order valence-electron chi connectivity index (χ1n) is 13.0. The smallest absolute Gasteiger partial charge is 0.254 e. The quantitative estimate of drug-likeness (QED) is 0.412. The summed E-state index contributed by atoms with van der Waals surface area (Å²) < 4.78 is 0. The van der Waals surface area contributed by atoms with E-state index >= 15 is 0 Å². The Bertz CT molecular complexity index is 1390. The van der Waals surface area contributed by atoms with Crippen molar-refractivity contribution in [2.24, 2.45) is 0 Å². The Kier molecular flexibility index (Phi) is 7.39. The maximum absolute atomic E-state index is 14.4. The molecule has 2 aliphatic heterocycles. The van der Waals surface area contributed by atoms with Crippen LogP contribution in [0.4, 0.5) is 5.69 Å². The summed E-state index contributed by atoms with van der Waals surface area (Å²) in [6.45, 7) is 8.65. The van der Waals surface area contributed by atoms with Crippen LogP contribution in [-0.4, -0.2) is 60.9 Å². The van der Waals surface area contributed by atoms with E-state index in [1.165, 1.54) is 0 Å². The van der Waals surface area contributed by atoms with E-state index in [9.17, 15) is 9.59 Å². The van der Waals surface area contributed by atoms with Gasteiger partial charge in [0.1, 0.15) is 0 Å². The lowest BCUT2D eigenvalue weighted by Gasteiger charge is -2.44. The van der Waals surface area contributed by atoms with Gasteiger partial charge in [-0.25, -0.2) is 0 Å². The van der Waals surface area contributed by atoms with Gasteiger partial charge in [0.25, 0.3) is 5.91 Å². The van der Waals surface area contributed by atoms with Crippen molar-refractivity contribution >= 4 is 40.8 Å². The van der Waals surface area contributed by atoms with Crippen LogP contribution in [0, 0.1) is 0 Å². The van der Waals surface area contributed by atoms with E-state index in [-0.39, 0.29) is 11.8 Å². The molecule has 0 N–H and O–H groups in total. The maximum atomic E-state index is 14.4. The first-order valence-corrected chi connectivity index (χ1v) is 13.4. The average molecular weight is 526 g/mol. The number of fused-ring (bicyclic) bond motifs is 1. The van der Waals surface area contributed by atoms with E-state index in [0.717, 1.165) is 41.0 Å². The van der Waals surface area contributed by atoms with E-state index in [1.54, 1.807) is 4.90 Å². The van der Waals surface area contributed by atoms with Gasteiger partial charge in [0.05, 0.1) is 12.0 Å². The molecule has 0 spiro atoms. The minimum atomic E-state index is -0.514. The van der Waals surface area contributed by atoms with Crippen LogP contribution in [0.3, 0.4) is 0 Å². The number of carbonyl (C=O) groups excluding carboxylic acids is 2. The Labute approximate surface area is 229 Å². The van der Waals surface area contributed by atoms with Crippen molar-refractivity contribution in [2.45, 2.75) is 18.9 Å². The summed E-state index contributed by atoms with van der Waals surface area (Å²) in [6, 6.07) is 22.9. The third-order valence-electron chi connectivity index (χ3n) is 7.75. The molecule has 1 fully saturated rings. The van der Waals surface area contributed by atoms with Crippen LogP contribution < -0.4 is 4.90 Å². The minimum Gasteiger partial charge on any atom is -0.368 e. The summed E-state index contributed by atoms with van der Waals surface area (Å²) in [5, 5.41) is 0.709. The lowest BCUT2D eigenvalue weighted by molar-refractivity contribution is -0.134. The molecule has 3 aromatic rings. The Morgan fingerprint density at radius 3 is 2.29 bits per heavy atom. The van der Waals surface area contributed by atoms with Gasteiger partial charge in [-0.2, -0.15) is 0 Å². The van der Waals surface area contributed by atoms with E-state index in [4.69, 9.17) is 11.6 Å². The fourth-order valence-electron chi connectivity index (χ4n) is 5.79. The summed E-state index contributed by atoms with van der Waals surface area (Å²) >= 11 is 6.07. The second-order valence-electron chi connectivity index (χ2n) is 9.75. The van der Waals surface area contributed by atoms with E-state index in [0.29, 0.717) is 23.7 Å². The fourth-order valence-corrected chi connectivity index (χ4v) is 5.91. The molecule has 3 aromatic carbocycles. The van der Waals surface area contributed by atoms with Gasteiger partial charge in [-0.3, -0.25) is 9.59 Å². The largest absolute Gasteiger partial charge is 0.368 e. The summed E-state index contributed by atoms with van der Waals surface area (Å²) in [4.78, 5) is 33.9. The second kappa shape index (κ2) is 10.9. The Morgan fingerprint density at radius 1 is 0.947 bits per heavy atom. The molecule has 6 heteroatoms. The van der Waals surface area contributed by atoms with Gasteiger partial charge in [-0.1, -0.05) is 72.8 Å². The highest BCUT2D eigenvalue weighted by Gasteiger charge is 2.45. The lowest BCUT2D eigenvalue weighted by atomic mass is 9.76. The molecule has 0 saturated carbocycles. The summed E-state index contributed by atoms with van der Waals surface area (Å²) in [5.74, 6) is -0.536. The van der Waals surface area contributed by atoms with Crippen LogP contribution in [0.2, 0.25) is 5.02 Å². The number of amides is 2. The molecular weight excluding hydrogens is 494 g/mol. The van der Waals surface area contributed by atoms with Crippen molar-refractivity contribution in [3.63, 3.8) is 0 Å². The topological polar surface area (TPSA) is 43.9 Å². The molecule has 2 aliphatic rings. The summed E-state index contributed by atoms with van der Waals surface area (Å²) in [5.41, 5.74) is 5.40. The standard InChI is InChI=1S/C32H32ClN3O2/c1-4-22-10-6-7-11-26(22)25(5-2)30-29(27-12-8-9-13-28(27)31(37)34(30)3)32(38)36-20-18-35(19-21-36)24-16-14-23(33)15-17-24/h4-17,29-30H,1,18-21H2,2-3H3/b25-5+. The molecule has 38 heavy (non-hydrogen) atoms. The van der Waals surface area contributed by atoms with Crippen LogP contribution in [-0.2, 0) is 4.79 Å². The van der Waals surface area contributed by atoms with Crippen molar-refractivity contribution in [3.8, 4) is 0 Å². The molecule has 194 valence electrons. The highest BCUT2D eigenvalue weighted by Crippen LogP contribution is 2.41. The summed E-state index contributed by atoms with van der Waals surface area (Å²) in [6.07, 6.45) is 3.85. The molecule has 2 heterocycles. The summed E-state index contributed by atoms with van der Waals surface area (Å²) in [7, 11) is 1.81. The number of rotatable bonds is 5. The zero-order valence-corrected chi connectivity index (χ0v) is 22.6. The first kappa shape index (κ1) is 25.8. The third-order valence-corrected chi connectivity index (χ3v) is 8.00. The predicted octanol–water partition coefficient (Wildman–Crippen LogP) is 5.97. The number of allylic oxidation sites excluding steroid dienone is 1. The van der Waals surface area contributed by atoms with Gasteiger partial charge in [-0.05, 0) is 59.5 Å². The Hall–Kier alpha value is -3.83. The highest BCUT2D eigenvalue weighted by molar-refractivity contribution is 6.30. The van der Waals surface area contributed by atoms with Gasteiger partial charge in [0.2, 0.25) is 5.91 Å². The molecule has 2 unspecified atom stereocenters. The van der Waals surface area contributed by atoms with Crippen LogP contribution in [0.25, 0.3) is 11.6 Å². The number of halogens is 1. The molecule has 0 aliphatic carbocycles. The number of likely N-dealkylation sites (N-methyl/N-ethyl adjacent to an activating group) is 1. The van der Waals surface area contributed by atoms with Crippen LogP contribution in [0.15, 0.2) is 85.5 Å². The number of nitrogens with zero attached hydrogens (tertiary/aromatic N) is 3. The van der Waals surface area contributed by atoms with Crippen molar-refractivity contribution in [2.75, 3.05) is 38.1 Å². The first-order chi connectivity index (χ1) is 18.4. The maximum Gasteiger partial charge on any atom is 0.254 e. The molecule has 0 bridgehead atoms. The molecule has 2 atom stereocenters. The van der Waals surface area contributed by atoms with Gasteiger partial charge >= 0.3 is 0 Å². The van der Waals surface area contributed by atoms with Gasteiger partial charge in [0, 0.05) is 49.5 Å². The van der Waals surface area contributed by atoms with Crippen LogP contribution in [0.5, 0.6) is 0 Å². The number of benzene rings is 3. The molecular formula is C32H32ClN3O2. The third kappa shape index (κ3) is 4.63. The van der Waals surface area contributed by atoms with Gasteiger partial charge in [0.15, 0.2) is 0 Å². The molecule has 5 rings (SSSR count). The van der Waals surface area contributed by atoms with Crippen molar-refractivity contribution < 1.29 is 9.59 Å². The molecule has 0 radical (unpaired) electrons. The monoisotopic (exact) mass is 525 g/mol. The van der Waals surface area contributed by atoms with E-state index < -0.39 is 12.0 Å². The highest BCUT2D eigenvalue weighted by atomic mass is 35.5. The Morgan fingerprint density at radius 2 is 1.61 bits per heavy atom. The molecule has 2 amide bonds. The zero-order chi connectivity index (χ0) is 26.8. The van der Waals surface area contributed by atoms with Crippen LogP contribution in [0.1, 0.15) is 39.9 Å². The minimum absolute atomic E-state index is 0.0491. The molecule has 0 aromatic heterocycles. The molecule has 5 nitrogen and oxygen atoms in total. The van der Waals surface area contributed by atoms with Crippen molar-refractivity contribution in [3.05, 3.63) is 113 Å². The van der Waals surface area contributed by atoms with E-state index in [1.807, 2.05) is 104 Å². The zero-order valence-electron chi connectivity index (χ0n) is 21.8. The predicted molar refractivity (Wildman–Crippen MR) is 155 cm³/mol. The number of piperazine rings is 1. The molecule has 1 saturated heterocycles. The normalized spacial score (nSPS) is 19.8. The van der Waals surface area contributed by atoms with Crippen molar-refractivity contribution in [1.82, 2.24) is 9.80 Å². The van der Waals surface area contributed by atoms with Crippen LogP contribution >= 0.6 is 11.6 Å². The number of carbonyl (C=O) groups is 2. The van der Waals surface area contributed by atoms with E-state index in [2.05, 4.69) is 11.5 Å².